The molecule has 0 saturated carbocycles. The maximum absolute atomic E-state index is 6.32. The molecule has 0 radical (unpaired) electrons. The summed E-state index contributed by atoms with van der Waals surface area (Å²) < 4.78 is 1.59. The summed E-state index contributed by atoms with van der Waals surface area (Å²) in [5.41, 5.74) is 1.55. The van der Waals surface area contributed by atoms with Gasteiger partial charge in [-0.1, -0.05) is 36.2 Å². The summed E-state index contributed by atoms with van der Waals surface area (Å²) in [6, 6.07) is 3.67. The van der Waals surface area contributed by atoms with Crippen LogP contribution in [-0.2, 0) is 0 Å². The van der Waals surface area contributed by atoms with Gasteiger partial charge in [0.1, 0.15) is 5.69 Å². The fraction of sp³-hybridized carbons (Fsp3) is 0.417. The minimum Gasteiger partial charge on any atom is -0.308 e. The van der Waals surface area contributed by atoms with Crippen molar-refractivity contribution in [3.8, 4) is 5.69 Å². The third kappa shape index (κ3) is 2.73. The third-order valence-corrected chi connectivity index (χ3v) is 3.65. The number of aromatic nitrogens is 4. The number of aryl methyl sites for hydroxylation is 1. The lowest BCUT2D eigenvalue weighted by Crippen LogP contribution is -2.21. The molecule has 0 aliphatic carbocycles. The van der Waals surface area contributed by atoms with Crippen LogP contribution in [0.1, 0.15) is 31.3 Å². The number of benzene rings is 1. The Morgan fingerprint density at radius 2 is 2.11 bits per heavy atom. The molecule has 1 heterocycles. The smallest absolute Gasteiger partial charge is 0.173 e. The van der Waals surface area contributed by atoms with Crippen molar-refractivity contribution in [2.24, 2.45) is 0 Å². The second-order valence-electron chi connectivity index (χ2n) is 4.26. The highest BCUT2D eigenvalue weighted by Gasteiger charge is 2.19. The van der Waals surface area contributed by atoms with Gasteiger partial charge in [-0.2, -0.15) is 4.68 Å². The number of hydrogen-bond donors (Lipinski definition) is 1. The highest BCUT2D eigenvalue weighted by atomic mass is 35.5. The molecule has 2 rings (SSSR count). The van der Waals surface area contributed by atoms with Gasteiger partial charge >= 0.3 is 0 Å². The van der Waals surface area contributed by atoms with E-state index in [9.17, 15) is 0 Å². The van der Waals surface area contributed by atoms with E-state index in [0.29, 0.717) is 21.6 Å². The minimum atomic E-state index is 0.00708. The number of hydrogen-bond acceptors (Lipinski definition) is 4. The number of nitrogens with one attached hydrogen (secondary N) is 1. The van der Waals surface area contributed by atoms with E-state index in [-0.39, 0.29) is 6.04 Å². The van der Waals surface area contributed by atoms with E-state index in [0.717, 1.165) is 12.1 Å². The lowest BCUT2D eigenvalue weighted by Gasteiger charge is -2.14. The summed E-state index contributed by atoms with van der Waals surface area (Å²) in [5, 5.41) is 16.1. The zero-order valence-electron chi connectivity index (χ0n) is 11.0. The molecule has 1 unspecified atom stereocenters. The van der Waals surface area contributed by atoms with Crippen molar-refractivity contribution < 1.29 is 0 Å². The molecule has 5 nitrogen and oxygen atoms in total. The topological polar surface area (TPSA) is 55.6 Å². The molecule has 0 aliphatic rings. The average molecular weight is 300 g/mol. The van der Waals surface area contributed by atoms with Crippen LogP contribution in [-0.4, -0.2) is 26.8 Å². The molecule has 19 heavy (non-hydrogen) atoms. The molecular weight excluding hydrogens is 285 g/mol. The molecule has 102 valence electrons. The lowest BCUT2D eigenvalue weighted by atomic mass is 10.2. The molecule has 1 aromatic carbocycles. The van der Waals surface area contributed by atoms with Gasteiger partial charge in [0.05, 0.1) is 16.1 Å². The van der Waals surface area contributed by atoms with Crippen LogP contribution in [0.15, 0.2) is 12.1 Å². The highest BCUT2D eigenvalue weighted by molar-refractivity contribution is 6.38. The van der Waals surface area contributed by atoms with Gasteiger partial charge in [-0.15, -0.1) is 5.10 Å². The van der Waals surface area contributed by atoms with Crippen molar-refractivity contribution in [3.05, 3.63) is 33.6 Å². The first kappa shape index (κ1) is 14.2. The zero-order valence-corrected chi connectivity index (χ0v) is 12.5. The SMILES string of the molecule is CCNC(C)c1nnnn1-c1c(Cl)ccc(C)c1Cl. The first-order valence-corrected chi connectivity index (χ1v) is 6.78. The van der Waals surface area contributed by atoms with E-state index >= 15 is 0 Å². The van der Waals surface area contributed by atoms with Gasteiger partial charge in [-0.25, -0.2) is 0 Å². The first-order chi connectivity index (χ1) is 9.06. The van der Waals surface area contributed by atoms with E-state index in [2.05, 4.69) is 20.8 Å². The Labute approximate surface area is 121 Å². The number of halogens is 2. The van der Waals surface area contributed by atoms with Gasteiger partial charge in [-0.05, 0) is 42.4 Å². The van der Waals surface area contributed by atoms with Crippen molar-refractivity contribution in [2.45, 2.75) is 26.8 Å². The largest absolute Gasteiger partial charge is 0.308 e. The van der Waals surface area contributed by atoms with Crippen LogP contribution in [0.25, 0.3) is 5.69 Å². The van der Waals surface area contributed by atoms with Gasteiger partial charge in [-0.3, -0.25) is 0 Å². The normalized spacial score (nSPS) is 12.7. The molecule has 2 aromatic rings. The summed E-state index contributed by atoms with van der Waals surface area (Å²) in [4.78, 5) is 0. The standard InChI is InChI=1S/C12H15Cl2N5/c1-4-15-8(3)12-16-17-18-19(12)11-9(13)6-5-7(2)10(11)14/h5-6,8,15H,4H2,1-3H3. The van der Waals surface area contributed by atoms with Crippen LogP contribution in [0.5, 0.6) is 0 Å². The van der Waals surface area contributed by atoms with Crippen LogP contribution in [0.2, 0.25) is 10.0 Å². The van der Waals surface area contributed by atoms with Crippen LogP contribution in [0, 0.1) is 6.92 Å². The summed E-state index contributed by atoms with van der Waals surface area (Å²) in [7, 11) is 0. The molecular formula is C12H15Cl2N5. The second kappa shape index (κ2) is 5.86. The minimum absolute atomic E-state index is 0.00708. The predicted octanol–water partition coefficient (Wildman–Crippen LogP) is 2.95. The molecule has 1 N–H and O–H groups in total. The van der Waals surface area contributed by atoms with Gasteiger partial charge in [0.25, 0.3) is 0 Å². The van der Waals surface area contributed by atoms with Crippen molar-refractivity contribution in [3.63, 3.8) is 0 Å². The Morgan fingerprint density at radius 3 is 2.79 bits per heavy atom. The molecule has 0 fully saturated rings. The molecule has 0 spiro atoms. The Balaban J connectivity index is 2.55. The summed E-state index contributed by atoms with van der Waals surface area (Å²) in [5.74, 6) is 0.677. The maximum atomic E-state index is 6.32. The van der Waals surface area contributed by atoms with E-state index in [1.54, 1.807) is 10.7 Å². The third-order valence-electron chi connectivity index (χ3n) is 2.86. The first-order valence-electron chi connectivity index (χ1n) is 6.02. The maximum Gasteiger partial charge on any atom is 0.173 e. The summed E-state index contributed by atoms with van der Waals surface area (Å²) >= 11 is 12.5. The van der Waals surface area contributed by atoms with Crippen molar-refractivity contribution in [1.29, 1.82) is 0 Å². The second-order valence-corrected chi connectivity index (χ2v) is 5.04. The van der Waals surface area contributed by atoms with Crippen molar-refractivity contribution in [1.82, 2.24) is 25.5 Å². The number of tetrazole rings is 1. The van der Waals surface area contributed by atoms with Crippen molar-refractivity contribution >= 4 is 23.2 Å². The molecule has 0 bridgehead atoms. The highest BCUT2D eigenvalue weighted by Crippen LogP contribution is 2.31. The molecule has 0 aliphatic heterocycles. The quantitative estimate of drug-likeness (QED) is 0.943. The van der Waals surface area contributed by atoms with E-state index in [1.165, 1.54) is 0 Å². The van der Waals surface area contributed by atoms with Gasteiger partial charge < -0.3 is 5.32 Å². The summed E-state index contributed by atoms with van der Waals surface area (Å²) in [6.07, 6.45) is 0. The van der Waals surface area contributed by atoms with E-state index in [1.807, 2.05) is 26.8 Å². The molecule has 0 amide bonds. The van der Waals surface area contributed by atoms with Crippen molar-refractivity contribution in [2.75, 3.05) is 6.54 Å². The number of nitrogens with zero attached hydrogens (tertiary/aromatic N) is 4. The van der Waals surface area contributed by atoms with Crippen LogP contribution >= 0.6 is 23.2 Å². The molecule has 1 aromatic heterocycles. The summed E-state index contributed by atoms with van der Waals surface area (Å²) in [6.45, 7) is 6.75. The van der Waals surface area contributed by atoms with Crippen LogP contribution in [0.4, 0.5) is 0 Å². The predicted molar refractivity (Wildman–Crippen MR) is 76.0 cm³/mol. The Hall–Kier alpha value is -1.17. The molecule has 1 atom stereocenters. The monoisotopic (exact) mass is 299 g/mol. The van der Waals surface area contributed by atoms with Gasteiger partial charge in [0.2, 0.25) is 0 Å². The molecule has 0 saturated heterocycles. The zero-order chi connectivity index (χ0) is 14.0. The van der Waals surface area contributed by atoms with Gasteiger partial charge in [0, 0.05) is 0 Å². The Bertz CT molecular complexity index is 581. The van der Waals surface area contributed by atoms with Gasteiger partial charge in [0.15, 0.2) is 5.82 Å². The lowest BCUT2D eigenvalue weighted by molar-refractivity contribution is 0.550. The van der Waals surface area contributed by atoms with Crippen LogP contribution < -0.4 is 5.32 Å². The fourth-order valence-electron chi connectivity index (χ4n) is 1.86. The van der Waals surface area contributed by atoms with E-state index < -0.39 is 0 Å². The average Bonchev–Trinajstić information content (AvgIpc) is 2.84. The fourth-order valence-corrected chi connectivity index (χ4v) is 2.39. The van der Waals surface area contributed by atoms with E-state index in [4.69, 9.17) is 23.2 Å². The Kier molecular flexibility index (Phi) is 4.39. The van der Waals surface area contributed by atoms with Crippen LogP contribution in [0.3, 0.4) is 0 Å². The molecule has 7 heteroatoms. The Morgan fingerprint density at radius 1 is 1.37 bits per heavy atom. The number of rotatable bonds is 4.